The number of hydrogen-bond acceptors (Lipinski definition) is 5. The molecule has 0 aliphatic rings. The predicted molar refractivity (Wildman–Crippen MR) is 90.8 cm³/mol. The van der Waals surface area contributed by atoms with Crippen LogP contribution in [-0.2, 0) is 0 Å². The van der Waals surface area contributed by atoms with Crippen LogP contribution in [-0.4, -0.2) is 50.8 Å². The second kappa shape index (κ2) is 7.24. The average Bonchev–Trinajstić information content (AvgIpc) is 3.17. The molecule has 0 saturated heterocycles. The van der Waals surface area contributed by atoms with Crippen molar-refractivity contribution in [2.24, 2.45) is 0 Å². The second-order valence-corrected chi connectivity index (χ2v) is 6.65. The van der Waals surface area contributed by atoms with Crippen LogP contribution in [0.4, 0.5) is 32.2 Å². The lowest BCUT2D eigenvalue weighted by Gasteiger charge is -2.25. The van der Waals surface area contributed by atoms with Gasteiger partial charge in [0.1, 0.15) is 18.9 Å². The van der Waals surface area contributed by atoms with Crippen LogP contribution in [0.25, 0.3) is 17.2 Å². The number of nitrogens with zero attached hydrogens (tertiary/aromatic N) is 4. The lowest BCUT2D eigenvalue weighted by atomic mass is 10.2. The van der Waals surface area contributed by atoms with Crippen LogP contribution in [0.5, 0.6) is 0 Å². The van der Waals surface area contributed by atoms with Crippen LogP contribution in [0.1, 0.15) is 10.4 Å². The van der Waals surface area contributed by atoms with Crippen molar-refractivity contribution in [3.8, 4) is 11.6 Å². The third-order valence-corrected chi connectivity index (χ3v) is 3.96. The predicted octanol–water partition coefficient (Wildman–Crippen LogP) is 3.90. The van der Waals surface area contributed by atoms with E-state index in [2.05, 4.69) is 26.0 Å². The van der Waals surface area contributed by atoms with Gasteiger partial charge in [-0.3, -0.25) is 4.79 Å². The van der Waals surface area contributed by atoms with Crippen molar-refractivity contribution < 1.29 is 35.6 Å². The van der Waals surface area contributed by atoms with Gasteiger partial charge >= 0.3 is 12.4 Å². The number of fused-ring (bicyclic) bond motifs is 1. The first-order valence-electron chi connectivity index (χ1n) is 7.67. The van der Waals surface area contributed by atoms with Crippen LogP contribution in [0.15, 0.2) is 33.4 Å². The molecule has 0 radical (unpaired) electrons. The van der Waals surface area contributed by atoms with Gasteiger partial charge < -0.3 is 15.1 Å². The van der Waals surface area contributed by atoms with Gasteiger partial charge in [-0.1, -0.05) is 0 Å². The molecule has 0 fully saturated rings. The molecule has 1 amide bonds. The SMILES string of the molecule is Nc1cc(C(=O)N(CC(F)(F)F)CC(F)(F)F)cc2nc(-c3ccc(Br)o3)nn12. The number of amides is 1. The van der Waals surface area contributed by atoms with Gasteiger partial charge in [0.25, 0.3) is 5.91 Å². The highest BCUT2D eigenvalue weighted by atomic mass is 79.9. The Morgan fingerprint density at radius 2 is 1.76 bits per heavy atom. The minimum atomic E-state index is -5.02. The zero-order valence-corrected chi connectivity index (χ0v) is 15.6. The summed E-state index contributed by atoms with van der Waals surface area (Å²) >= 11 is 3.09. The van der Waals surface area contributed by atoms with Crippen molar-refractivity contribution in [2.75, 3.05) is 18.8 Å². The number of rotatable bonds is 4. The molecule has 2 N–H and O–H groups in total. The van der Waals surface area contributed by atoms with Gasteiger partial charge in [0.05, 0.1) is 0 Å². The number of nitrogen functional groups attached to an aromatic ring is 1. The van der Waals surface area contributed by atoms with E-state index in [-0.39, 0.29) is 27.9 Å². The average molecular weight is 486 g/mol. The van der Waals surface area contributed by atoms with E-state index in [1.165, 1.54) is 6.07 Å². The Kier molecular flexibility index (Phi) is 5.23. The topological polar surface area (TPSA) is 89.7 Å². The van der Waals surface area contributed by atoms with Crippen LogP contribution in [0.2, 0.25) is 0 Å². The largest absolute Gasteiger partial charge is 0.446 e. The molecular formula is C15H10BrF6N5O2. The molecule has 3 aromatic rings. The van der Waals surface area contributed by atoms with E-state index in [0.717, 1.165) is 16.6 Å². The minimum Gasteiger partial charge on any atom is -0.446 e. The maximum Gasteiger partial charge on any atom is 0.406 e. The van der Waals surface area contributed by atoms with E-state index in [9.17, 15) is 31.1 Å². The summed E-state index contributed by atoms with van der Waals surface area (Å²) in [6.45, 7) is -4.15. The molecule has 3 heterocycles. The summed E-state index contributed by atoms with van der Waals surface area (Å²) in [4.78, 5) is 16.1. The molecule has 0 aliphatic carbocycles. The van der Waals surface area contributed by atoms with E-state index in [1.807, 2.05) is 0 Å². The van der Waals surface area contributed by atoms with Crippen LogP contribution in [0, 0.1) is 0 Å². The van der Waals surface area contributed by atoms with Gasteiger partial charge in [0.2, 0.25) is 5.82 Å². The van der Waals surface area contributed by atoms with E-state index < -0.39 is 36.9 Å². The molecule has 0 aliphatic heterocycles. The Morgan fingerprint density at radius 1 is 1.14 bits per heavy atom. The third kappa shape index (κ3) is 4.99. The lowest BCUT2D eigenvalue weighted by molar-refractivity contribution is -0.171. The van der Waals surface area contributed by atoms with Crippen molar-refractivity contribution in [1.29, 1.82) is 0 Å². The lowest BCUT2D eigenvalue weighted by Crippen LogP contribution is -2.44. The number of furan rings is 1. The molecule has 0 aromatic carbocycles. The zero-order chi connectivity index (χ0) is 21.6. The third-order valence-electron chi connectivity index (χ3n) is 3.53. The fourth-order valence-corrected chi connectivity index (χ4v) is 2.79. The normalized spacial score (nSPS) is 12.5. The number of alkyl halides is 6. The Morgan fingerprint density at radius 3 is 2.28 bits per heavy atom. The molecule has 156 valence electrons. The number of hydrogen-bond donors (Lipinski definition) is 1. The molecule has 0 saturated carbocycles. The standard InChI is InChI=1S/C15H10BrF6N5O2/c16-9-2-1-8(29-9)12-24-11-4-7(3-10(23)27(11)25-12)13(28)26(5-14(17,18)19)6-15(20,21)22/h1-4H,5-6,23H2. The molecule has 0 atom stereocenters. The maximum absolute atomic E-state index is 12.7. The number of halogens is 7. The first-order chi connectivity index (χ1) is 13.3. The zero-order valence-electron chi connectivity index (χ0n) is 14.1. The highest BCUT2D eigenvalue weighted by molar-refractivity contribution is 9.10. The summed E-state index contributed by atoms with van der Waals surface area (Å²) in [5.41, 5.74) is 5.19. The monoisotopic (exact) mass is 485 g/mol. The molecule has 0 unspecified atom stereocenters. The van der Waals surface area contributed by atoms with Gasteiger partial charge in [-0.15, -0.1) is 5.10 Å². The summed E-state index contributed by atoms with van der Waals surface area (Å²) < 4.78 is 82.7. The second-order valence-electron chi connectivity index (χ2n) is 5.87. The molecule has 29 heavy (non-hydrogen) atoms. The summed E-state index contributed by atoms with van der Waals surface area (Å²) in [7, 11) is 0. The van der Waals surface area contributed by atoms with Gasteiger partial charge in [-0.05, 0) is 40.2 Å². The summed E-state index contributed by atoms with van der Waals surface area (Å²) in [5, 5.41) is 4.04. The van der Waals surface area contributed by atoms with Crippen molar-refractivity contribution in [3.63, 3.8) is 0 Å². The number of carbonyl (C=O) groups excluding carboxylic acids is 1. The van der Waals surface area contributed by atoms with Crippen molar-refractivity contribution >= 4 is 33.3 Å². The first kappa shape index (κ1) is 21.0. The molecule has 3 aromatic heterocycles. The van der Waals surface area contributed by atoms with E-state index in [0.29, 0.717) is 4.67 Å². The van der Waals surface area contributed by atoms with E-state index in [4.69, 9.17) is 10.2 Å². The Labute approximate surface area is 166 Å². The van der Waals surface area contributed by atoms with Gasteiger partial charge in [-0.2, -0.15) is 30.9 Å². The molecule has 14 heteroatoms. The minimum absolute atomic E-state index is 0.0504. The number of carbonyl (C=O) groups is 1. The fraction of sp³-hybridized carbons (Fsp3) is 0.267. The Balaban J connectivity index is 1.99. The molecule has 7 nitrogen and oxygen atoms in total. The molecular weight excluding hydrogens is 476 g/mol. The number of anilines is 1. The number of nitrogens with two attached hydrogens (primary N) is 1. The molecule has 0 spiro atoms. The summed E-state index contributed by atoms with van der Waals surface area (Å²) in [6.07, 6.45) is -10.0. The summed E-state index contributed by atoms with van der Waals surface area (Å²) in [5.74, 6) is -1.44. The smallest absolute Gasteiger partial charge is 0.406 e. The van der Waals surface area contributed by atoms with Gasteiger partial charge in [-0.25, -0.2) is 4.98 Å². The maximum atomic E-state index is 12.7. The molecule has 0 bridgehead atoms. The van der Waals surface area contributed by atoms with E-state index in [1.54, 1.807) is 6.07 Å². The van der Waals surface area contributed by atoms with Crippen molar-refractivity contribution in [2.45, 2.75) is 12.4 Å². The highest BCUT2D eigenvalue weighted by Gasteiger charge is 2.40. The first-order valence-corrected chi connectivity index (χ1v) is 8.46. The fourth-order valence-electron chi connectivity index (χ4n) is 2.49. The quantitative estimate of drug-likeness (QED) is 0.566. The highest BCUT2D eigenvalue weighted by Crippen LogP contribution is 2.26. The van der Waals surface area contributed by atoms with Crippen molar-refractivity contribution in [3.05, 3.63) is 34.5 Å². The van der Waals surface area contributed by atoms with Crippen LogP contribution < -0.4 is 5.73 Å². The van der Waals surface area contributed by atoms with Gasteiger partial charge in [0, 0.05) is 5.56 Å². The van der Waals surface area contributed by atoms with E-state index >= 15 is 0 Å². The van der Waals surface area contributed by atoms with Gasteiger partial charge in [0.15, 0.2) is 16.1 Å². The number of aromatic nitrogens is 3. The van der Waals surface area contributed by atoms with Crippen LogP contribution in [0.3, 0.4) is 0 Å². The Bertz CT molecular complexity index is 1040. The molecule has 3 rings (SSSR count). The van der Waals surface area contributed by atoms with Crippen LogP contribution >= 0.6 is 15.9 Å². The van der Waals surface area contributed by atoms with Crippen molar-refractivity contribution in [1.82, 2.24) is 19.5 Å². The summed E-state index contributed by atoms with van der Waals surface area (Å²) in [6, 6.07) is 5.00. The number of pyridine rings is 1. The Hall–Kier alpha value is -2.77.